The summed E-state index contributed by atoms with van der Waals surface area (Å²) in [6.45, 7) is 6.48. The Labute approximate surface area is 458 Å². The van der Waals surface area contributed by atoms with Crippen molar-refractivity contribution >= 4 is 17.9 Å². The van der Waals surface area contributed by atoms with Gasteiger partial charge in [-0.25, -0.2) is 0 Å². The van der Waals surface area contributed by atoms with E-state index in [0.29, 0.717) is 19.3 Å². The number of unbranched alkanes of at least 4 members (excludes halogenated alkanes) is 32. The van der Waals surface area contributed by atoms with E-state index in [1.807, 2.05) is 6.08 Å². The molecule has 0 aliphatic carbocycles. The lowest BCUT2D eigenvalue weighted by Crippen LogP contribution is -2.30. The molecule has 0 aromatic carbocycles. The molecule has 0 aliphatic heterocycles. The molecule has 1 atom stereocenters. The smallest absolute Gasteiger partial charge is 0.306 e. The van der Waals surface area contributed by atoms with Gasteiger partial charge in [-0.15, -0.1) is 0 Å². The molecule has 0 heterocycles. The summed E-state index contributed by atoms with van der Waals surface area (Å²) in [5, 5.41) is 0. The molecule has 0 aliphatic rings. The lowest BCUT2D eigenvalue weighted by molar-refractivity contribution is -0.166. The van der Waals surface area contributed by atoms with Crippen LogP contribution in [-0.4, -0.2) is 37.2 Å². The van der Waals surface area contributed by atoms with E-state index in [9.17, 15) is 14.4 Å². The normalized spacial score (nSPS) is 12.6. The Bertz CT molecular complexity index is 1420. The molecular weight excluding hydrogens is 913 g/mol. The van der Waals surface area contributed by atoms with Crippen molar-refractivity contribution in [3.05, 3.63) is 85.1 Å². The van der Waals surface area contributed by atoms with E-state index in [4.69, 9.17) is 14.2 Å². The second-order valence-corrected chi connectivity index (χ2v) is 20.9. The monoisotopic (exact) mass is 1030 g/mol. The maximum absolute atomic E-state index is 12.9. The minimum absolute atomic E-state index is 0.107. The van der Waals surface area contributed by atoms with Crippen LogP contribution < -0.4 is 0 Å². The minimum atomic E-state index is -0.820. The zero-order chi connectivity index (χ0) is 53.6. The number of hydrogen-bond acceptors (Lipinski definition) is 6. The van der Waals surface area contributed by atoms with Crippen molar-refractivity contribution in [2.45, 2.75) is 316 Å². The summed E-state index contributed by atoms with van der Waals surface area (Å²) < 4.78 is 16.8. The fraction of sp³-hybridized carbons (Fsp3) is 0.750. The largest absolute Gasteiger partial charge is 0.462 e. The highest BCUT2D eigenvalue weighted by Gasteiger charge is 2.19. The average molecular weight is 1030 g/mol. The summed E-state index contributed by atoms with van der Waals surface area (Å²) >= 11 is 0. The third kappa shape index (κ3) is 59.5. The van der Waals surface area contributed by atoms with E-state index in [2.05, 4.69) is 99.8 Å². The van der Waals surface area contributed by atoms with Crippen LogP contribution in [0.25, 0.3) is 0 Å². The Kier molecular flexibility index (Phi) is 59.3. The fourth-order valence-corrected chi connectivity index (χ4v) is 8.94. The van der Waals surface area contributed by atoms with Crippen LogP contribution >= 0.6 is 0 Å². The Balaban J connectivity index is 4.41. The van der Waals surface area contributed by atoms with Gasteiger partial charge in [0.05, 0.1) is 0 Å². The number of esters is 3. The van der Waals surface area contributed by atoms with Crippen molar-refractivity contribution in [2.75, 3.05) is 13.2 Å². The Morgan fingerprint density at radius 3 is 0.878 bits per heavy atom. The molecule has 426 valence electrons. The number of hydrogen-bond donors (Lipinski definition) is 0. The van der Waals surface area contributed by atoms with Gasteiger partial charge in [0.1, 0.15) is 13.2 Å². The quantitative estimate of drug-likeness (QED) is 0.0261. The summed E-state index contributed by atoms with van der Waals surface area (Å²) in [5.74, 6) is -0.989. The molecule has 0 radical (unpaired) electrons. The first-order valence-corrected chi connectivity index (χ1v) is 31.6. The molecule has 0 N–H and O–H groups in total. The summed E-state index contributed by atoms with van der Waals surface area (Å²) in [4.78, 5) is 38.2. The van der Waals surface area contributed by atoms with Crippen molar-refractivity contribution in [3.63, 3.8) is 0 Å². The van der Waals surface area contributed by atoms with E-state index in [1.54, 1.807) is 0 Å². The van der Waals surface area contributed by atoms with Crippen LogP contribution in [0.4, 0.5) is 0 Å². The molecule has 0 fully saturated rings. The zero-order valence-corrected chi connectivity index (χ0v) is 48.8. The standard InChI is InChI=1S/C68H118O6/c1-4-7-10-13-16-19-22-25-28-30-32-33-34-35-37-38-40-43-46-49-52-55-58-61-67(70)73-64-65(63-72-66(69)60-57-54-51-48-45-42-27-24-21-18-15-12-9-6-3)74-68(71)62-59-56-53-50-47-44-41-39-36-31-29-26-23-20-17-14-11-8-5-2/h8,11,17,20,24,26-27,29,36,39,44,47,53,56,65H,4-7,9-10,12-16,18-19,21-23,25,28,30-35,37-38,40-43,45-46,48-52,54-55,57-64H2,1-3H3/b11-8-,20-17-,27-24-,29-26-,39-36-,47-44-,56-53-. The van der Waals surface area contributed by atoms with Gasteiger partial charge in [-0.1, -0.05) is 292 Å². The van der Waals surface area contributed by atoms with Gasteiger partial charge in [-0.05, 0) is 83.5 Å². The number of carbonyl (C=O) groups is 3. The maximum Gasteiger partial charge on any atom is 0.306 e. The van der Waals surface area contributed by atoms with Crippen molar-refractivity contribution < 1.29 is 28.6 Å². The second-order valence-electron chi connectivity index (χ2n) is 20.9. The molecule has 6 nitrogen and oxygen atoms in total. The highest BCUT2D eigenvalue weighted by Crippen LogP contribution is 2.17. The van der Waals surface area contributed by atoms with E-state index in [-0.39, 0.29) is 31.6 Å². The lowest BCUT2D eigenvalue weighted by Gasteiger charge is -2.18. The van der Waals surface area contributed by atoms with Gasteiger partial charge in [0, 0.05) is 19.3 Å². The van der Waals surface area contributed by atoms with Gasteiger partial charge in [0.25, 0.3) is 0 Å². The highest BCUT2D eigenvalue weighted by molar-refractivity contribution is 5.71. The van der Waals surface area contributed by atoms with Crippen LogP contribution in [0.1, 0.15) is 310 Å². The first kappa shape index (κ1) is 70.6. The van der Waals surface area contributed by atoms with Crippen LogP contribution in [0, 0.1) is 0 Å². The van der Waals surface area contributed by atoms with Gasteiger partial charge in [-0.3, -0.25) is 14.4 Å². The van der Waals surface area contributed by atoms with E-state index >= 15 is 0 Å². The van der Waals surface area contributed by atoms with Crippen LogP contribution in [0.3, 0.4) is 0 Å². The Morgan fingerprint density at radius 1 is 0.284 bits per heavy atom. The number of allylic oxidation sites excluding steroid dienone is 14. The molecular formula is C68H118O6. The minimum Gasteiger partial charge on any atom is -0.462 e. The van der Waals surface area contributed by atoms with Crippen LogP contribution in [0.2, 0.25) is 0 Å². The first-order chi connectivity index (χ1) is 36.5. The number of carbonyl (C=O) groups excluding carboxylic acids is 3. The molecule has 0 bridgehead atoms. The predicted octanol–water partition coefficient (Wildman–Crippen LogP) is 21.5. The number of ether oxygens (including phenoxy) is 3. The van der Waals surface area contributed by atoms with Crippen molar-refractivity contribution in [3.8, 4) is 0 Å². The van der Waals surface area contributed by atoms with Crippen LogP contribution in [-0.2, 0) is 28.6 Å². The molecule has 1 unspecified atom stereocenters. The Morgan fingerprint density at radius 2 is 0.554 bits per heavy atom. The second kappa shape index (κ2) is 62.1. The van der Waals surface area contributed by atoms with E-state index in [0.717, 1.165) is 89.9 Å². The van der Waals surface area contributed by atoms with Crippen LogP contribution in [0.15, 0.2) is 85.1 Å². The molecule has 0 amide bonds. The van der Waals surface area contributed by atoms with E-state index in [1.165, 1.54) is 173 Å². The van der Waals surface area contributed by atoms with Crippen molar-refractivity contribution in [1.82, 2.24) is 0 Å². The third-order valence-electron chi connectivity index (χ3n) is 13.6. The molecule has 74 heavy (non-hydrogen) atoms. The zero-order valence-electron chi connectivity index (χ0n) is 48.8. The maximum atomic E-state index is 12.9. The molecule has 0 aromatic rings. The average Bonchev–Trinajstić information content (AvgIpc) is 3.40. The molecule has 0 aromatic heterocycles. The van der Waals surface area contributed by atoms with Crippen molar-refractivity contribution in [1.29, 1.82) is 0 Å². The third-order valence-corrected chi connectivity index (χ3v) is 13.6. The van der Waals surface area contributed by atoms with Gasteiger partial charge >= 0.3 is 17.9 Å². The van der Waals surface area contributed by atoms with Gasteiger partial charge in [-0.2, -0.15) is 0 Å². The molecule has 0 rings (SSSR count). The van der Waals surface area contributed by atoms with Crippen LogP contribution in [0.5, 0.6) is 0 Å². The molecule has 0 saturated heterocycles. The summed E-state index contributed by atoms with van der Waals surface area (Å²) in [6.07, 6.45) is 81.8. The van der Waals surface area contributed by atoms with Gasteiger partial charge < -0.3 is 14.2 Å². The molecule has 0 spiro atoms. The number of rotatable bonds is 57. The lowest BCUT2D eigenvalue weighted by atomic mass is 10.0. The topological polar surface area (TPSA) is 78.9 Å². The van der Waals surface area contributed by atoms with Gasteiger partial charge in [0.2, 0.25) is 0 Å². The van der Waals surface area contributed by atoms with E-state index < -0.39 is 12.1 Å². The SMILES string of the molecule is CC/C=C\C/C=C\C/C=C\C/C=C\C/C=C\C/C=C\CCC(=O)OC(COC(=O)CCCCCCC/C=C\CCCCCCC)COC(=O)CCCCCCCCCCCCCCCCCCCCCCCCC. The predicted molar refractivity (Wildman–Crippen MR) is 321 cm³/mol. The summed E-state index contributed by atoms with van der Waals surface area (Å²) in [5.41, 5.74) is 0. The van der Waals surface area contributed by atoms with Crippen molar-refractivity contribution in [2.24, 2.45) is 0 Å². The first-order valence-electron chi connectivity index (χ1n) is 31.6. The fourth-order valence-electron chi connectivity index (χ4n) is 8.94. The van der Waals surface area contributed by atoms with Gasteiger partial charge in [0.15, 0.2) is 6.10 Å². The Hall–Kier alpha value is -3.41. The molecule has 0 saturated carbocycles. The summed E-state index contributed by atoms with van der Waals surface area (Å²) in [7, 11) is 0. The highest BCUT2D eigenvalue weighted by atomic mass is 16.6. The summed E-state index contributed by atoms with van der Waals surface area (Å²) in [6, 6.07) is 0. The molecule has 6 heteroatoms.